The predicted octanol–water partition coefficient (Wildman–Crippen LogP) is 2.67. The van der Waals surface area contributed by atoms with Crippen LogP contribution in [-0.2, 0) is 21.5 Å². The van der Waals surface area contributed by atoms with Crippen molar-refractivity contribution in [2.75, 3.05) is 19.7 Å². The monoisotopic (exact) mass is 336 g/mol. The molecule has 2 atom stereocenters. The Morgan fingerprint density at radius 3 is 2.67 bits per heavy atom. The van der Waals surface area contributed by atoms with E-state index in [1.165, 1.54) is 0 Å². The highest BCUT2D eigenvalue weighted by molar-refractivity contribution is 5.71. The molecule has 0 aliphatic carbocycles. The summed E-state index contributed by atoms with van der Waals surface area (Å²) in [7, 11) is 0. The zero-order valence-corrected chi connectivity index (χ0v) is 14.8. The maximum Gasteiger partial charge on any atom is 0.309 e. The minimum Gasteiger partial charge on any atom is -0.481 e. The van der Waals surface area contributed by atoms with Gasteiger partial charge in [-0.3, -0.25) is 9.69 Å². The van der Waals surface area contributed by atoms with Crippen LogP contribution in [-0.4, -0.2) is 46.9 Å². The van der Waals surface area contributed by atoms with Crippen LogP contribution in [0.4, 0.5) is 0 Å². The van der Waals surface area contributed by atoms with Crippen LogP contribution in [0.5, 0.6) is 0 Å². The zero-order chi connectivity index (χ0) is 17.3. The predicted molar refractivity (Wildman–Crippen MR) is 88.7 cm³/mol. The van der Waals surface area contributed by atoms with E-state index >= 15 is 0 Å². The lowest BCUT2D eigenvalue weighted by molar-refractivity contribution is -0.145. The van der Waals surface area contributed by atoms with Gasteiger partial charge in [-0.25, -0.2) is 0 Å². The Hall–Kier alpha value is -1.40. The quantitative estimate of drug-likeness (QED) is 0.911. The van der Waals surface area contributed by atoms with Crippen LogP contribution in [0.3, 0.4) is 0 Å². The molecule has 2 fully saturated rings. The second-order valence-corrected chi connectivity index (χ2v) is 8.12. The van der Waals surface area contributed by atoms with Crippen LogP contribution < -0.4 is 0 Å². The Balaban J connectivity index is 1.56. The van der Waals surface area contributed by atoms with Crippen molar-refractivity contribution in [3.05, 3.63) is 17.5 Å². The minimum atomic E-state index is -0.709. The third-order valence-corrected chi connectivity index (χ3v) is 5.30. The number of carboxylic acids is 1. The molecule has 2 aliphatic rings. The molecule has 1 aromatic rings. The molecule has 0 amide bonds. The van der Waals surface area contributed by atoms with Crippen molar-refractivity contribution >= 4 is 5.97 Å². The third-order valence-electron chi connectivity index (χ3n) is 5.30. The maximum absolute atomic E-state index is 11.4. The van der Waals surface area contributed by atoms with Gasteiger partial charge in [0.1, 0.15) is 6.26 Å². The maximum atomic E-state index is 11.4. The van der Waals surface area contributed by atoms with Gasteiger partial charge in [0.25, 0.3) is 0 Å². The van der Waals surface area contributed by atoms with E-state index < -0.39 is 5.97 Å². The first-order valence-corrected chi connectivity index (χ1v) is 8.86. The van der Waals surface area contributed by atoms with Crippen LogP contribution in [0.25, 0.3) is 0 Å². The van der Waals surface area contributed by atoms with Crippen LogP contribution in [0.2, 0.25) is 0 Å². The van der Waals surface area contributed by atoms with Gasteiger partial charge in [0.15, 0.2) is 0 Å². The number of aromatic nitrogens is 1. The fourth-order valence-corrected chi connectivity index (χ4v) is 4.01. The number of likely N-dealkylation sites (tertiary alicyclic amines) is 1. The van der Waals surface area contributed by atoms with Crippen LogP contribution >= 0.6 is 0 Å². The summed E-state index contributed by atoms with van der Waals surface area (Å²) in [6, 6.07) is 0. The van der Waals surface area contributed by atoms with E-state index in [0.717, 1.165) is 43.7 Å². The average molecular weight is 336 g/mol. The largest absolute Gasteiger partial charge is 0.481 e. The summed E-state index contributed by atoms with van der Waals surface area (Å²) in [5.74, 6) is -0.680. The molecule has 0 spiro atoms. The van der Waals surface area contributed by atoms with E-state index in [1.807, 2.05) is 0 Å². The fraction of sp³-hybridized carbons (Fsp3) is 0.778. The fourth-order valence-electron chi connectivity index (χ4n) is 4.01. The average Bonchev–Trinajstić information content (AvgIpc) is 3.16. The number of hydrogen-bond acceptors (Lipinski definition) is 5. The van der Waals surface area contributed by atoms with Crippen molar-refractivity contribution in [3.63, 3.8) is 0 Å². The minimum absolute atomic E-state index is 0.0208. The normalized spacial score (nSPS) is 26.8. The molecular formula is C18H28N2O4. The Morgan fingerprint density at radius 1 is 1.33 bits per heavy atom. The molecule has 2 saturated heterocycles. The van der Waals surface area contributed by atoms with Gasteiger partial charge in [-0.05, 0) is 38.3 Å². The molecule has 0 bridgehead atoms. The lowest BCUT2D eigenvalue weighted by Crippen LogP contribution is -2.40. The van der Waals surface area contributed by atoms with Gasteiger partial charge >= 0.3 is 5.97 Å². The molecule has 24 heavy (non-hydrogen) atoms. The molecule has 1 N–H and O–H groups in total. The first kappa shape index (κ1) is 17.4. The highest BCUT2D eigenvalue weighted by Crippen LogP contribution is 2.34. The number of nitrogens with zero attached hydrogens (tertiary/aromatic N) is 2. The molecule has 1 aromatic heterocycles. The molecule has 3 rings (SSSR count). The molecule has 0 saturated carbocycles. The number of carbonyl (C=O) groups is 1. The van der Waals surface area contributed by atoms with Crippen molar-refractivity contribution in [1.29, 1.82) is 0 Å². The highest BCUT2D eigenvalue weighted by Gasteiger charge is 2.40. The number of carboxylic acid groups (broad SMARTS) is 1. The van der Waals surface area contributed by atoms with Crippen molar-refractivity contribution in [2.24, 2.45) is 11.8 Å². The Labute approximate surface area is 143 Å². The number of ether oxygens (including phenoxy) is 1. The molecular weight excluding hydrogens is 308 g/mol. The van der Waals surface area contributed by atoms with E-state index in [9.17, 15) is 9.90 Å². The number of aliphatic carboxylic acids is 1. The van der Waals surface area contributed by atoms with Crippen molar-refractivity contribution in [3.8, 4) is 0 Å². The zero-order valence-electron chi connectivity index (χ0n) is 14.8. The molecule has 0 unspecified atom stereocenters. The smallest absolute Gasteiger partial charge is 0.309 e. The molecule has 0 radical (unpaired) electrons. The van der Waals surface area contributed by atoms with E-state index in [0.29, 0.717) is 18.9 Å². The first-order valence-electron chi connectivity index (χ1n) is 8.86. The standard InChI is InChI=1S/C18H28N2O4/c1-18(2,3)16-13(11-24-19-16)10-20-7-4-12(5-8-20)15-14(17(21)22)6-9-23-15/h11-12,14-15H,4-10H2,1-3H3,(H,21,22)/t14-,15+/m1/s1. The molecule has 6 heteroatoms. The van der Waals surface area contributed by atoms with Crippen molar-refractivity contribution < 1.29 is 19.2 Å². The molecule has 2 aliphatic heterocycles. The Bertz CT molecular complexity index is 570. The molecule has 6 nitrogen and oxygen atoms in total. The summed E-state index contributed by atoms with van der Waals surface area (Å²) < 4.78 is 10.9. The van der Waals surface area contributed by atoms with Gasteiger partial charge in [0, 0.05) is 24.1 Å². The lowest BCUT2D eigenvalue weighted by atomic mass is 9.84. The summed E-state index contributed by atoms with van der Waals surface area (Å²) in [5.41, 5.74) is 2.16. The first-order chi connectivity index (χ1) is 11.4. The SMILES string of the molecule is CC(C)(C)c1nocc1CN1CCC([C@@H]2OCC[C@H]2C(=O)O)CC1. The van der Waals surface area contributed by atoms with E-state index in [4.69, 9.17) is 9.26 Å². The summed E-state index contributed by atoms with van der Waals surface area (Å²) in [4.78, 5) is 13.8. The van der Waals surface area contributed by atoms with Gasteiger partial charge in [-0.15, -0.1) is 0 Å². The van der Waals surface area contributed by atoms with Crippen molar-refractivity contribution in [2.45, 2.75) is 58.1 Å². The molecule has 134 valence electrons. The summed E-state index contributed by atoms with van der Waals surface area (Å²) in [5, 5.41) is 13.5. The molecule has 0 aromatic carbocycles. The lowest BCUT2D eigenvalue weighted by Gasteiger charge is -2.35. The number of rotatable bonds is 4. The second-order valence-electron chi connectivity index (χ2n) is 8.12. The second kappa shape index (κ2) is 6.84. The summed E-state index contributed by atoms with van der Waals surface area (Å²) in [6.45, 7) is 9.78. The van der Waals surface area contributed by atoms with E-state index in [2.05, 4.69) is 30.8 Å². The highest BCUT2D eigenvalue weighted by atomic mass is 16.5. The van der Waals surface area contributed by atoms with Crippen molar-refractivity contribution in [1.82, 2.24) is 10.1 Å². The van der Waals surface area contributed by atoms with Crippen LogP contribution in [0, 0.1) is 11.8 Å². The van der Waals surface area contributed by atoms with Gasteiger partial charge < -0.3 is 14.4 Å². The van der Waals surface area contributed by atoms with Gasteiger partial charge in [0.2, 0.25) is 0 Å². The van der Waals surface area contributed by atoms with Gasteiger partial charge in [0.05, 0.1) is 17.7 Å². The summed E-state index contributed by atoms with van der Waals surface area (Å²) in [6.07, 6.45) is 4.28. The van der Waals surface area contributed by atoms with Crippen LogP contribution in [0.1, 0.15) is 51.3 Å². The molecule has 3 heterocycles. The van der Waals surface area contributed by atoms with Gasteiger partial charge in [-0.1, -0.05) is 25.9 Å². The topological polar surface area (TPSA) is 75.8 Å². The summed E-state index contributed by atoms with van der Waals surface area (Å²) >= 11 is 0. The number of hydrogen-bond donors (Lipinski definition) is 1. The van der Waals surface area contributed by atoms with Crippen LogP contribution in [0.15, 0.2) is 10.8 Å². The number of piperidine rings is 1. The Kier molecular flexibility index (Phi) is 4.97. The van der Waals surface area contributed by atoms with Gasteiger partial charge in [-0.2, -0.15) is 0 Å². The Morgan fingerprint density at radius 2 is 2.04 bits per heavy atom. The van der Waals surface area contributed by atoms with E-state index in [-0.39, 0.29) is 17.4 Å². The van der Waals surface area contributed by atoms with E-state index in [1.54, 1.807) is 6.26 Å². The third kappa shape index (κ3) is 3.64.